The van der Waals surface area contributed by atoms with Crippen molar-refractivity contribution < 1.29 is 4.79 Å². The molecule has 0 saturated heterocycles. The van der Waals surface area contributed by atoms with E-state index in [1.54, 1.807) is 17.1 Å². The van der Waals surface area contributed by atoms with E-state index >= 15 is 0 Å². The number of pyridine rings is 1. The highest BCUT2D eigenvalue weighted by Gasteiger charge is 2.18. The molecule has 0 unspecified atom stereocenters. The number of nitrogens with one attached hydrogen (secondary N) is 1. The van der Waals surface area contributed by atoms with E-state index in [2.05, 4.69) is 20.4 Å². The molecule has 0 spiro atoms. The van der Waals surface area contributed by atoms with Crippen molar-refractivity contribution in [1.29, 1.82) is 0 Å². The molecule has 0 aliphatic heterocycles. The summed E-state index contributed by atoms with van der Waals surface area (Å²) in [4.78, 5) is 22.5. The highest BCUT2D eigenvalue weighted by Crippen LogP contribution is 2.27. The van der Waals surface area contributed by atoms with Crippen LogP contribution >= 0.6 is 11.6 Å². The van der Waals surface area contributed by atoms with Gasteiger partial charge in [0.2, 0.25) is 0 Å². The average Bonchev–Trinajstić information content (AvgIpc) is 3.35. The van der Waals surface area contributed by atoms with Gasteiger partial charge in [-0.25, -0.2) is 4.98 Å². The van der Waals surface area contributed by atoms with Gasteiger partial charge in [0.1, 0.15) is 5.82 Å². The highest BCUT2D eigenvalue weighted by atomic mass is 35.5. The molecule has 8 heteroatoms. The summed E-state index contributed by atoms with van der Waals surface area (Å²) in [6.45, 7) is 4.29. The number of carbonyl (C=O) groups excluding carboxylic acids is 1. The normalized spacial score (nSPS) is 11.0. The monoisotopic (exact) mass is 448 g/mol. The van der Waals surface area contributed by atoms with Crippen LogP contribution in [0.1, 0.15) is 33.1 Å². The number of nitrogens with zero attached hydrogens (tertiary/aromatic N) is 5. The number of imidazole rings is 1. The fourth-order valence-corrected chi connectivity index (χ4v) is 3.77. The molecule has 164 valence electrons. The Bertz CT molecular complexity index is 1290. The molecule has 0 aliphatic carbocycles. The molecule has 0 saturated carbocycles. The molecule has 7 nitrogen and oxygen atoms in total. The van der Waals surface area contributed by atoms with Gasteiger partial charge in [0, 0.05) is 49.2 Å². The van der Waals surface area contributed by atoms with Crippen LogP contribution in [0.25, 0.3) is 22.4 Å². The Labute approximate surface area is 192 Å². The molecule has 1 N–H and O–H groups in total. The number of aryl methyl sites for hydroxylation is 2. The van der Waals surface area contributed by atoms with Crippen LogP contribution in [0.2, 0.25) is 0 Å². The topological polar surface area (TPSA) is 77.6 Å². The molecule has 0 atom stereocenters. The third kappa shape index (κ3) is 4.29. The molecule has 3 aromatic heterocycles. The van der Waals surface area contributed by atoms with Gasteiger partial charge < -0.3 is 9.88 Å². The smallest absolute Gasteiger partial charge is 0.253 e. The van der Waals surface area contributed by atoms with Crippen molar-refractivity contribution in [1.82, 2.24) is 29.6 Å². The van der Waals surface area contributed by atoms with Gasteiger partial charge in [-0.1, -0.05) is 18.2 Å². The Kier molecular flexibility index (Phi) is 6.10. The Morgan fingerprint density at radius 2 is 1.91 bits per heavy atom. The minimum atomic E-state index is -0.218. The van der Waals surface area contributed by atoms with E-state index in [1.165, 1.54) is 0 Å². The number of halogens is 1. The zero-order chi connectivity index (χ0) is 22.8. The van der Waals surface area contributed by atoms with E-state index < -0.39 is 0 Å². The predicted molar refractivity (Wildman–Crippen MR) is 125 cm³/mol. The van der Waals surface area contributed by atoms with E-state index in [4.69, 9.17) is 11.6 Å². The lowest BCUT2D eigenvalue weighted by Crippen LogP contribution is -2.25. The maximum absolute atomic E-state index is 13.3. The summed E-state index contributed by atoms with van der Waals surface area (Å²) >= 11 is 6.00. The summed E-state index contributed by atoms with van der Waals surface area (Å²) in [5.74, 6) is 1.01. The largest absolute Gasteiger partial charge is 0.345 e. The number of benzene rings is 1. The van der Waals surface area contributed by atoms with Gasteiger partial charge in [0.15, 0.2) is 0 Å². The standard InChI is InChI=1S/C24H25ClN6O/c1-15-16(2)31(4)22(29-15)13-27-24(32)21-9-19(18-7-5-6-17(8-18)10-25)11-26-23(21)20-12-28-30(3)14-20/h5-9,11-12,14H,10,13H2,1-4H3,(H,27,32). The fourth-order valence-electron chi connectivity index (χ4n) is 3.60. The second kappa shape index (κ2) is 8.96. The Morgan fingerprint density at radius 3 is 2.56 bits per heavy atom. The minimum absolute atomic E-state index is 0.218. The molecule has 4 rings (SSSR count). The van der Waals surface area contributed by atoms with Gasteiger partial charge in [-0.05, 0) is 37.1 Å². The van der Waals surface area contributed by atoms with Gasteiger partial charge in [-0.15, -0.1) is 11.6 Å². The summed E-state index contributed by atoms with van der Waals surface area (Å²) in [7, 11) is 3.78. The van der Waals surface area contributed by atoms with Crippen LogP contribution < -0.4 is 5.32 Å². The van der Waals surface area contributed by atoms with Crippen molar-refractivity contribution in [3.05, 3.63) is 77.3 Å². The van der Waals surface area contributed by atoms with E-state index in [0.29, 0.717) is 23.7 Å². The summed E-state index contributed by atoms with van der Waals surface area (Å²) in [6.07, 6.45) is 5.33. The highest BCUT2D eigenvalue weighted by molar-refractivity contribution is 6.17. The Balaban J connectivity index is 1.71. The summed E-state index contributed by atoms with van der Waals surface area (Å²) < 4.78 is 3.68. The number of carbonyl (C=O) groups is 1. The first-order valence-corrected chi connectivity index (χ1v) is 10.8. The lowest BCUT2D eigenvalue weighted by Gasteiger charge is -2.12. The molecule has 32 heavy (non-hydrogen) atoms. The van der Waals surface area contributed by atoms with Crippen LogP contribution in [-0.4, -0.2) is 30.2 Å². The molecule has 0 fully saturated rings. The van der Waals surface area contributed by atoms with Crippen molar-refractivity contribution in [3.8, 4) is 22.4 Å². The molecule has 1 amide bonds. The van der Waals surface area contributed by atoms with Crippen LogP contribution in [0, 0.1) is 13.8 Å². The predicted octanol–water partition coefficient (Wildman–Crippen LogP) is 4.17. The molecule has 0 aliphatic rings. The van der Waals surface area contributed by atoms with Crippen LogP contribution in [0.4, 0.5) is 0 Å². The third-order valence-corrected chi connectivity index (χ3v) is 5.95. The van der Waals surface area contributed by atoms with Gasteiger partial charge in [0.25, 0.3) is 5.91 Å². The number of hydrogen-bond donors (Lipinski definition) is 1. The van der Waals surface area contributed by atoms with E-state index in [1.807, 2.05) is 69.0 Å². The zero-order valence-corrected chi connectivity index (χ0v) is 19.3. The van der Waals surface area contributed by atoms with Gasteiger partial charge in [0.05, 0.1) is 29.7 Å². The summed E-state index contributed by atoms with van der Waals surface area (Å²) in [5, 5.41) is 7.24. The van der Waals surface area contributed by atoms with Crippen molar-refractivity contribution in [2.45, 2.75) is 26.3 Å². The maximum Gasteiger partial charge on any atom is 0.253 e. The minimum Gasteiger partial charge on any atom is -0.345 e. The molecular formula is C24H25ClN6O. The van der Waals surface area contributed by atoms with Gasteiger partial charge in [-0.3, -0.25) is 14.5 Å². The van der Waals surface area contributed by atoms with Gasteiger partial charge >= 0.3 is 0 Å². The second-order valence-corrected chi connectivity index (χ2v) is 8.06. The quantitative estimate of drug-likeness (QED) is 0.449. The van der Waals surface area contributed by atoms with Crippen molar-refractivity contribution in [2.75, 3.05) is 0 Å². The number of amides is 1. The van der Waals surface area contributed by atoms with E-state index in [-0.39, 0.29) is 5.91 Å². The fraction of sp³-hybridized carbons (Fsp3) is 0.250. The molecule has 4 aromatic rings. The van der Waals surface area contributed by atoms with Crippen LogP contribution in [0.3, 0.4) is 0 Å². The number of aromatic nitrogens is 5. The zero-order valence-electron chi connectivity index (χ0n) is 18.6. The van der Waals surface area contributed by atoms with Crippen LogP contribution in [-0.2, 0) is 26.5 Å². The molecular weight excluding hydrogens is 424 g/mol. The second-order valence-electron chi connectivity index (χ2n) is 7.80. The molecule has 0 bridgehead atoms. The third-order valence-electron chi connectivity index (χ3n) is 5.64. The molecule has 0 radical (unpaired) electrons. The average molecular weight is 449 g/mol. The lowest BCUT2D eigenvalue weighted by atomic mass is 10.0. The van der Waals surface area contributed by atoms with E-state index in [0.717, 1.165) is 39.5 Å². The summed E-state index contributed by atoms with van der Waals surface area (Å²) in [5.41, 5.74) is 6.68. The van der Waals surface area contributed by atoms with Crippen LogP contribution in [0.15, 0.2) is 48.9 Å². The maximum atomic E-state index is 13.3. The summed E-state index contributed by atoms with van der Waals surface area (Å²) in [6, 6.07) is 9.78. The number of hydrogen-bond acceptors (Lipinski definition) is 4. The molecule has 1 aromatic carbocycles. The first-order chi connectivity index (χ1) is 15.4. The van der Waals surface area contributed by atoms with Crippen molar-refractivity contribution in [3.63, 3.8) is 0 Å². The lowest BCUT2D eigenvalue weighted by molar-refractivity contribution is 0.0950. The van der Waals surface area contributed by atoms with E-state index in [9.17, 15) is 4.79 Å². The number of rotatable bonds is 6. The van der Waals surface area contributed by atoms with Crippen LogP contribution in [0.5, 0.6) is 0 Å². The number of alkyl halides is 1. The first kappa shape index (κ1) is 21.8. The van der Waals surface area contributed by atoms with Crippen molar-refractivity contribution in [2.24, 2.45) is 14.1 Å². The Morgan fingerprint density at radius 1 is 1.09 bits per heavy atom. The Hall–Kier alpha value is -3.45. The van der Waals surface area contributed by atoms with Gasteiger partial charge in [-0.2, -0.15) is 5.10 Å². The SMILES string of the molecule is Cc1nc(CNC(=O)c2cc(-c3cccc(CCl)c3)cnc2-c2cnn(C)c2)n(C)c1C. The van der Waals surface area contributed by atoms with Crippen molar-refractivity contribution >= 4 is 17.5 Å². The molecule has 3 heterocycles. The first-order valence-electron chi connectivity index (χ1n) is 10.3.